The lowest BCUT2D eigenvalue weighted by molar-refractivity contribution is -0.384. The Labute approximate surface area is 79.2 Å². The minimum Gasteiger partial charge on any atom is -0.300 e. The van der Waals surface area contributed by atoms with Gasteiger partial charge in [-0.3, -0.25) is 15.0 Å². The molecular weight excluding hydrogens is 196 g/mol. The largest absolute Gasteiger partial charge is 0.300 e. The first kappa shape index (κ1) is 9.91. The third-order valence-corrected chi connectivity index (χ3v) is 1.93. The molecule has 5 nitrogen and oxygen atoms in total. The van der Waals surface area contributed by atoms with Crippen LogP contribution in [0.2, 0.25) is 5.02 Å². The topological polar surface area (TPSA) is 78.4 Å². The standard InChI is InChI=1S/C7H7ClN2O3/c8-7-5(4-13-9)2-1-3-6(7)10(11)12/h1-3H,4,9H2. The number of nitrogens with zero attached hydrogens (tertiary/aromatic N) is 1. The van der Waals surface area contributed by atoms with Crippen molar-refractivity contribution in [1.29, 1.82) is 0 Å². The van der Waals surface area contributed by atoms with Crippen LogP contribution in [0.5, 0.6) is 0 Å². The van der Waals surface area contributed by atoms with E-state index in [0.29, 0.717) is 5.56 Å². The van der Waals surface area contributed by atoms with Crippen molar-refractivity contribution in [3.63, 3.8) is 0 Å². The van der Waals surface area contributed by atoms with Gasteiger partial charge in [0.25, 0.3) is 5.69 Å². The summed E-state index contributed by atoms with van der Waals surface area (Å²) < 4.78 is 0. The van der Waals surface area contributed by atoms with Gasteiger partial charge in [-0.1, -0.05) is 23.7 Å². The second kappa shape index (κ2) is 4.18. The van der Waals surface area contributed by atoms with Gasteiger partial charge in [0.05, 0.1) is 11.5 Å². The quantitative estimate of drug-likeness (QED) is 0.597. The molecule has 0 saturated heterocycles. The minimum absolute atomic E-state index is 0.0561. The predicted octanol–water partition coefficient (Wildman–Crippen LogP) is 1.64. The maximum Gasteiger partial charge on any atom is 0.288 e. The first-order valence-electron chi connectivity index (χ1n) is 3.40. The summed E-state index contributed by atoms with van der Waals surface area (Å²) in [4.78, 5) is 14.2. The molecule has 0 spiro atoms. The van der Waals surface area contributed by atoms with E-state index in [1.165, 1.54) is 12.1 Å². The molecule has 70 valence electrons. The number of nitrogens with two attached hydrogens (primary N) is 1. The van der Waals surface area contributed by atoms with Crippen LogP contribution in [0.1, 0.15) is 5.56 Å². The van der Waals surface area contributed by atoms with E-state index in [0.717, 1.165) is 0 Å². The third kappa shape index (κ3) is 2.15. The summed E-state index contributed by atoms with van der Waals surface area (Å²) in [5.41, 5.74) is 0.356. The van der Waals surface area contributed by atoms with Crippen molar-refractivity contribution in [2.24, 2.45) is 5.90 Å². The maximum atomic E-state index is 10.4. The SMILES string of the molecule is NOCc1cccc([N+](=O)[O-])c1Cl. The van der Waals surface area contributed by atoms with E-state index >= 15 is 0 Å². The molecule has 13 heavy (non-hydrogen) atoms. The van der Waals surface area contributed by atoms with Gasteiger partial charge in [0.1, 0.15) is 5.02 Å². The number of nitro groups is 1. The molecule has 1 rings (SSSR count). The lowest BCUT2D eigenvalue weighted by Gasteiger charge is -2.01. The molecule has 1 aromatic rings. The zero-order chi connectivity index (χ0) is 9.84. The van der Waals surface area contributed by atoms with Crippen molar-refractivity contribution < 1.29 is 9.76 Å². The van der Waals surface area contributed by atoms with E-state index in [2.05, 4.69) is 4.84 Å². The van der Waals surface area contributed by atoms with E-state index < -0.39 is 4.92 Å². The van der Waals surface area contributed by atoms with E-state index in [9.17, 15) is 10.1 Å². The molecule has 0 bridgehead atoms. The first-order valence-corrected chi connectivity index (χ1v) is 3.78. The molecule has 0 aliphatic rings. The predicted molar refractivity (Wildman–Crippen MR) is 47.1 cm³/mol. The van der Waals surface area contributed by atoms with Crippen LogP contribution in [0.15, 0.2) is 18.2 Å². The van der Waals surface area contributed by atoms with Gasteiger partial charge in [0.2, 0.25) is 0 Å². The smallest absolute Gasteiger partial charge is 0.288 e. The average Bonchev–Trinajstić information content (AvgIpc) is 2.08. The molecule has 0 unspecified atom stereocenters. The van der Waals surface area contributed by atoms with Gasteiger partial charge in [0, 0.05) is 11.6 Å². The van der Waals surface area contributed by atoms with Crippen LogP contribution >= 0.6 is 11.6 Å². The van der Waals surface area contributed by atoms with Crippen molar-refractivity contribution in [2.75, 3.05) is 0 Å². The minimum atomic E-state index is -0.553. The van der Waals surface area contributed by atoms with E-state index in [1.54, 1.807) is 6.07 Å². The molecule has 0 radical (unpaired) electrons. The highest BCUT2D eigenvalue weighted by molar-refractivity contribution is 6.33. The van der Waals surface area contributed by atoms with Crippen LogP contribution in [-0.4, -0.2) is 4.92 Å². The molecule has 0 aliphatic carbocycles. The molecule has 0 fully saturated rings. The summed E-state index contributed by atoms with van der Waals surface area (Å²) in [5.74, 6) is 4.83. The fourth-order valence-electron chi connectivity index (χ4n) is 0.908. The van der Waals surface area contributed by atoms with E-state index in [4.69, 9.17) is 17.5 Å². The maximum absolute atomic E-state index is 10.4. The zero-order valence-corrected chi connectivity index (χ0v) is 7.32. The lowest BCUT2D eigenvalue weighted by Crippen LogP contribution is -2.00. The molecule has 0 heterocycles. The van der Waals surface area contributed by atoms with E-state index in [1.807, 2.05) is 0 Å². The Hall–Kier alpha value is -1.17. The fraction of sp³-hybridized carbons (Fsp3) is 0.143. The zero-order valence-electron chi connectivity index (χ0n) is 6.57. The summed E-state index contributed by atoms with van der Waals surface area (Å²) in [5, 5.41) is 10.5. The normalized spacial score (nSPS) is 10.0. The van der Waals surface area contributed by atoms with Crippen LogP contribution in [0, 0.1) is 10.1 Å². The Morgan fingerprint density at radius 3 is 2.85 bits per heavy atom. The van der Waals surface area contributed by atoms with Crippen LogP contribution in [0.25, 0.3) is 0 Å². The van der Waals surface area contributed by atoms with Crippen molar-refractivity contribution >= 4 is 17.3 Å². The molecule has 0 saturated carbocycles. The number of halogens is 1. The Kier molecular flexibility index (Phi) is 3.18. The van der Waals surface area contributed by atoms with Crippen molar-refractivity contribution in [3.05, 3.63) is 38.9 Å². The highest BCUT2D eigenvalue weighted by Crippen LogP contribution is 2.27. The Morgan fingerprint density at radius 1 is 1.62 bits per heavy atom. The molecule has 0 atom stereocenters. The van der Waals surface area contributed by atoms with Gasteiger partial charge >= 0.3 is 0 Å². The monoisotopic (exact) mass is 202 g/mol. The summed E-state index contributed by atoms with van der Waals surface area (Å²) in [6.07, 6.45) is 0. The average molecular weight is 203 g/mol. The Bertz CT molecular complexity index is 330. The number of hydrogen-bond acceptors (Lipinski definition) is 4. The van der Waals surface area contributed by atoms with Crippen molar-refractivity contribution in [3.8, 4) is 0 Å². The Morgan fingerprint density at radius 2 is 2.31 bits per heavy atom. The third-order valence-electron chi connectivity index (χ3n) is 1.49. The lowest BCUT2D eigenvalue weighted by atomic mass is 10.2. The second-order valence-corrected chi connectivity index (χ2v) is 2.70. The molecule has 0 aliphatic heterocycles. The highest BCUT2D eigenvalue weighted by Gasteiger charge is 2.14. The molecule has 2 N–H and O–H groups in total. The van der Waals surface area contributed by atoms with E-state index in [-0.39, 0.29) is 17.3 Å². The molecule has 0 aromatic heterocycles. The fourth-order valence-corrected chi connectivity index (χ4v) is 1.16. The summed E-state index contributed by atoms with van der Waals surface area (Å²) in [7, 11) is 0. The van der Waals surface area contributed by atoms with Gasteiger partial charge < -0.3 is 0 Å². The molecule has 6 heteroatoms. The summed E-state index contributed by atoms with van der Waals surface area (Å²) in [6.45, 7) is 0.0561. The van der Waals surface area contributed by atoms with Crippen molar-refractivity contribution in [1.82, 2.24) is 0 Å². The van der Waals surface area contributed by atoms with Gasteiger partial charge in [0.15, 0.2) is 0 Å². The molecule has 0 amide bonds. The van der Waals surface area contributed by atoms with Gasteiger partial charge in [-0.05, 0) is 0 Å². The molecular formula is C7H7ClN2O3. The van der Waals surface area contributed by atoms with Crippen LogP contribution < -0.4 is 5.90 Å². The van der Waals surface area contributed by atoms with Crippen LogP contribution in [0.4, 0.5) is 5.69 Å². The summed E-state index contributed by atoms with van der Waals surface area (Å²) in [6, 6.07) is 4.46. The number of nitro benzene ring substituents is 1. The van der Waals surface area contributed by atoms with Gasteiger partial charge in [-0.25, -0.2) is 5.90 Å². The number of benzene rings is 1. The highest BCUT2D eigenvalue weighted by atomic mass is 35.5. The summed E-state index contributed by atoms with van der Waals surface area (Å²) >= 11 is 5.71. The van der Waals surface area contributed by atoms with Crippen molar-refractivity contribution in [2.45, 2.75) is 6.61 Å². The first-order chi connectivity index (χ1) is 6.16. The molecule has 1 aromatic carbocycles. The number of hydrogen-bond donors (Lipinski definition) is 1. The number of rotatable bonds is 3. The van der Waals surface area contributed by atoms with Crippen LogP contribution in [-0.2, 0) is 11.4 Å². The van der Waals surface area contributed by atoms with Gasteiger partial charge in [-0.15, -0.1) is 0 Å². The van der Waals surface area contributed by atoms with Crippen LogP contribution in [0.3, 0.4) is 0 Å². The van der Waals surface area contributed by atoms with Gasteiger partial charge in [-0.2, -0.15) is 0 Å². The Balaban J connectivity index is 3.10. The second-order valence-electron chi connectivity index (χ2n) is 2.32.